The third kappa shape index (κ3) is 2.90. The molecule has 2 aliphatic rings. The van der Waals surface area contributed by atoms with Gasteiger partial charge in [-0.1, -0.05) is 19.8 Å². The molecule has 0 bridgehead atoms. The molecule has 0 aromatic heterocycles. The second kappa shape index (κ2) is 6.33. The molecule has 6 amide bonds. The molecular formula is C14H22N4O4. The second-order valence-electron chi connectivity index (χ2n) is 5.85. The fourth-order valence-corrected chi connectivity index (χ4v) is 3.15. The quantitative estimate of drug-likeness (QED) is 0.653. The number of nitrogens with one attached hydrogen (secondary N) is 3. The molecule has 122 valence electrons. The number of nitrogens with zero attached hydrogens (tertiary/aromatic N) is 1. The summed E-state index contributed by atoms with van der Waals surface area (Å²) in [6, 6.07) is -1.20. The molecule has 1 spiro atoms. The van der Waals surface area contributed by atoms with Gasteiger partial charge in [-0.25, -0.2) is 9.59 Å². The highest BCUT2D eigenvalue weighted by molar-refractivity contribution is 6.10. The van der Waals surface area contributed by atoms with Crippen molar-refractivity contribution in [1.29, 1.82) is 0 Å². The van der Waals surface area contributed by atoms with E-state index in [-0.39, 0.29) is 11.8 Å². The van der Waals surface area contributed by atoms with Crippen LogP contribution in [-0.4, -0.2) is 47.4 Å². The van der Waals surface area contributed by atoms with Gasteiger partial charge in [0.15, 0.2) is 0 Å². The Bertz CT molecular complexity index is 507. The Labute approximate surface area is 129 Å². The van der Waals surface area contributed by atoms with Gasteiger partial charge in [-0.05, 0) is 25.7 Å². The smallest absolute Gasteiger partial charge is 0.325 e. The molecule has 0 radical (unpaired) electrons. The van der Waals surface area contributed by atoms with Crippen LogP contribution in [0.4, 0.5) is 9.59 Å². The Morgan fingerprint density at radius 1 is 1.36 bits per heavy atom. The Morgan fingerprint density at radius 3 is 2.73 bits per heavy atom. The number of amides is 6. The van der Waals surface area contributed by atoms with Crippen molar-refractivity contribution in [1.82, 2.24) is 20.9 Å². The third-order valence-corrected chi connectivity index (χ3v) is 4.39. The second-order valence-corrected chi connectivity index (χ2v) is 5.85. The van der Waals surface area contributed by atoms with Gasteiger partial charge in [-0.3, -0.25) is 19.8 Å². The van der Waals surface area contributed by atoms with Gasteiger partial charge in [0, 0.05) is 6.54 Å². The largest absolute Gasteiger partial charge is 0.338 e. The van der Waals surface area contributed by atoms with Gasteiger partial charge in [0.1, 0.15) is 12.1 Å². The van der Waals surface area contributed by atoms with Crippen molar-refractivity contribution in [2.24, 2.45) is 5.92 Å². The Balaban J connectivity index is 2.03. The summed E-state index contributed by atoms with van der Waals surface area (Å²) in [4.78, 5) is 48.6. The minimum Gasteiger partial charge on any atom is -0.338 e. The Morgan fingerprint density at radius 2 is 2.09 bits per heavy atom. The molecule has 0 aromatic rings. The average Bonchev–Trinajstić information content (AvgIpc) is 2.68. The maximum atomic E-state index is 12.6. The van der Waals surface area contributed by atoms with E-state index in [1.54, 1.807) is 6.92 Å². The van der Waals surface area contributed by atoms with Gasteiger partial charge < -0.3 is 10.6 Å². The molecule has 8 heteroatoms. The minimum atomic E-state index is -0.888. The van der Waals surface area contributed by atoms with E-state index in [0.29, 0.717) is 13.0 Å². The molecule has 2 rings (SSSR count). The third-order valence-electron chi connectivity index (χ3n) is 4.39. The van der Waals surface area contributed by atoms with Crippen molar-refractivity contribution in [3.05, 3.63) is 0 Å². The van der Waals surface area contributed by atoms with Crippen molar-refractivity contribution < 1.29 is 19.2 Å². The van der Waals surface area contributed by atoms with Crippen LogP contribution in [0, 0.1) is 5.92 Å². The maximum Gasteiger partial charge on any atom is 0.325 e. The van der Waals surface area contributed by atoms with E-state index >= 15 is 0 Å². The maximum absolute atomic E-state index is 12.6. The van der Waals surface area contributed by atoms with Gasteiger partial charge >= 0.3 is 12.1 Å². The SMILES string of the molecule is CCNC(=O)NC(=O)CN1C(=O)N[C@]2(CCCC[C@@H]2C)C1=O. The molecule has 0 unspecified atom stereocenters. The first-order chi connectivity index (χ1) is 10.4. The molecule has 1 saturated carbocycles. The molecule has 1 aliphatic carbocycles. The summed E-state index contributed by atoms with van der Waals surface area (Å²) in [5.41, 5.74) is -0.888. The topological polar surface area (TPSA) is 108 Å². The normalized spacial score (nSPS) is 27.7. The van der Waals surface area contributed by atoms with Crippen LogP contribution in [0.15, 0.2) is 0 Å². The highest BCUT2D eigenvalue weighted by Crippen LogP contribution is 2.37. The molecule has 1 aliphatic heterocycles. The van der Waals surface area contributed by atoms with E-state index in [0.717, 1.165) is 24.2 Å². The highest BCUT2D eigenvalue weighted by Gasteiger charge is 2.55. The fraction of sp³-hybridized carbons (Fsp3) is 0.714. The van der Waals surface area contributed by atoms with Gasteiger partial charge in [-0.15, -0.1) is 0 Å². The lowest BCUT2D eigenvalue weighted by Gasteiger charge is -2.36. The molecule has 1 saturated heterocycles. The van der Waals surface area contributed by atoms with Crippen molar-refractivity contribution in [2.75, 3.05) is 13.1 Å². The zero-order chi connectivity index (χ0) is 16.3. The summed E-state index contributed by atoms with van der Waals surface area (Å²) in [6.45, 7) is 3.59. The van der Waals surface area contributed by atoms with Crippen LogP contribution in [-0.2, 0) is 9.59 Å². The summed E-state index contributed by atoms with van der Waals surface area (Å²) in [6.07, 6.45) is 3.36. The van der Waals surface area contributed by atoms with E-state index < -0.39 is 30.1 Å². The molecule has 2 fully saturated rings. The van der Waals surface area contributed by atoms with Crippen LogP contribution < -0.4 is 16.0 Å². The monoisotopic (exact) mass is 310 g/mol. The molecule has 3 N–H and O–H groups in total. The first-order valence-corrected chi connectivity index (χ1v) is 7.62. The zero-order valence-electron chi connectivity index (χ0n) is 12.9. The van der Waals surface area contributed by atoms with Crippen LogP contribution in [0.1, 0.15) is 39.5 Å². The molecule has 8 nitrogen and oxygen atoms in total. The predicted octanol–water partition coefficient (Wildman–Crippen LogP) is 0.333. The molecule has 2 atom stereocenters. The van der Waals surface area contributed by atoms with E-state index in [4.69, 9.17) is 0 Å². The minimum absolute atomic E-state index is 0.0363. The molecule has 1 heterocycles. The van der Waals surface area contributed by atoms with Crippen LogP contribution in [0.2, 0.25) is 0 Å². The molecule has 0 aromatic carbocycles. The van der Waals surface area contributed by atoms with Gasteiger partial charge in [0.25, 0.3) is 5.91 Å². The first kappa shape index (κ1) is 16.3. The van der Waals surface area contributed by atoms with Gasteiger partial charge in [0.2, 0.25) is 5.91 Å². The van der Waals surface area contributed by atoms with Gasteiger partial charge in [-0.2, -0.15) is 0 Å². The van der Waals surface area contributed by atoms with Crippen LogP contribution in [0.25, 0.3) is 0 Å². The lowest BCUT2D eigenvalue weighted by Crippen LogP contribution is -2.54. The van der Waals surface area contributed by atoms with Crippen molar-refractivity contribution in [3.8, 4) is 0 Å². The first-order valence-electron chi connectivity index (χ1n) is 7.62. The number of rotatable bonds is 3. The lowest BCUT2D eigenvalue weighted by molar-refractivity contribution is -0.137. The van der Waals surface area contributed by atoms with Crippen molar-refractivity contribution in [3.63, 3.8) is 0 Å². The number of carbonyl (C=O) groups excluding carboxylic acids is 4. The zero-order valence-corrected chi connectivity index (χ0v) is 12.9. The molecular weight excluding hydrogens is 288 g/mol. The number of imide groups is 2. The number of hydrogen-bond acceptors (Lipinski definition) is 4. The van der Waals surface area contributed by atoms with Crippen LogP contribution in [0.3, 0.4) is 0 Å². The van der Waals surface area contributed by atoms with E-state index in [9.17, 15) is 19.2 Å². The number of hydrogen-bond donors (Lipinski definition) is 3. The van der Waals surface area contributed by atoms with Crippen LogP contribution >= 0.6 is 0 Å². The van der Waals surface area contributed by atoms with Crippen molar-refractivity contribution >= 4 is 23.9 Å². The van der Waals surface area contributed by atoms with Gasteiger partial charge in [0.05, 0.1) is 0 Å². The lowest BCUT2D eigenvalue weighted by atomic mass is 9.73. The summed E-state index contributed by atoms with van der Waals surface area (Å²) >= 11 is 0. The standard InChI is InChI=1S/C14H22N4O4/c1-3-15-12(21)16-10(19)8-18-11(20)14(17-13(18)22)7-5-4-6-9(14)2/h9H,3-8H2,1-2H3,(H,17,22)(H2,15,16,19,21)/t9-,14-/m0/s1. The number of urea groups is 2. The summed E-state index contributed by atoms with van der Waals surface area (Å²) in [5.74, 6) is -1.01. The summed E-state index contributed by atoms with van der Waals surface area (Å²) in [5, 5.41) is 7.26. The van der Waals surface area contributed by atoms with E-state index in [2.05, 4.69) is 16.0 Å². The Kier molecular flexibility index (Phi) is 4.68. The Hall–Kier alpha value is -2.12. The fourth-order valence-electron chi connectivity index (χ4n) is 3.15. The summed E-state index contributed by atoms with van der Waals surface area (Å²) in [7, 11) is 0. The van der Waals surface area contributed by atoms with Crippen molar-refractivity contribution in [2.45, 2.75) is 45.1 Å². The average molecular weight is 310 g/mol. The molecule has 22 heavy (non-hydrogen) atoms. The highest BCUT2D eigenvalue weighted by atomic mass is 16.2. The number of carbonyl (C=O) groups is 4. The predicted molar refractivity (Wildman–Crippen MR) is 77.8 cm³/mol. The van der Waals surface area contributed by atoms with E-state index in [1.807, 2.05) is 6.92 Å². The van der Waals surface area contributed by atoms with E-state index in [1.165, 1.54) is 0 Å². The van der Waals surface area contributed by atoms with Crippen LogP contribution in [0.5, 0.6) is 0 Å². The summed E-state index contributed by atoms with van der Waals surface area (Å²) < 4.78 is 0.